The number of hydrogen-bond donors (Lipinski definition) is 0. The average Bonchev–Trinajstić information content (AvgIpc) is 2.23. The molecule has 0 atom stereocenters. The number of halogens is 3. The number of rotatable bonds is 4. The molecule has 1 fully saturated rings. The van der Waals surface area contributed by atoms with E-state index < -0.39 is 17.2 Å². The highest BCUT2D eigenvalue weighted by molar-refractivity contribution is 9.10. The van der Waals surface area contributed by atoms with Crippen molar-refractivity contribution in [2.45, 2.75) is 5.60 Å². The van der Waals surface area contributed by atoms with E-state index >= 15 is 0 Å². The van der Waals surface area contributed by atoms with Crippen LogP contribution in [-0.4, -0.2) is 19.8 Å². The monoisotopic (exact) mass is 304 g/mol. The van der Waals surface area contributed by atoms with Crippen molar-refractivity contribution >= 4 is 15.9 Å². The van der Waals surface area contributed by atoms with Gasteiger partial charge in [0.1, 0.15) is 17.2 Å². The summed E-state index contributed by atoms with van der Waals surface area (Å²) in [4.78, 5) is 0. The number of ether oxygens (including phenoxy) is 2. The molecule has 2 nitrogen and oxygen atoms in total. The van der Waals surface area contributed by atoms with E-state index in [-0.39, 0.29) is 29.9 Å². The Morgan fingerprint density at radius 2 is 2.12 bits per heavy atom. The van der Waals surface area contributed by atoms with Crippen LogP contribution in [0.25, 0.3) is 0 Å². The molecule has 92 valence electrons. The molecule has 0 saturated carbocycles. The summed E-state index contributed by atoms with van der Waals surface area (Å²) in [6.07, 6.45) is 1.56. The third-order valence-electron chi connectivity index (χ3n) is 2.65. The SMILES string of the molecule is C=CCOC1(c2cc(F)c(Br)cc2F)COC1. The van der Waals surface area contributed by atoms with Crippen LogP contribution in [0, 0.1) is 11.6 Å². The minimum absolute atomic E-state index is 0.0952. The molecule has 17 heavy (non-hydrogen) atoms. The van der Waals surface area contributed by atoms with E-state index in [4.69, 9.17) is 9.47 Å². The Kier molecular flexibility index (Phi) is 3.61. The molecule has 1 aliphatic heterocycles. The zero-order valence-corrected chi connectivity index (χ0v) is 10.6. The lowest BCUT2D eigenvalue weighted by Crippen LogP contribution is -2.49. The molecule has 1 saturated heterocycles. The Hall–Kier alpha value is -0.780. The summed E-state index contributed by atoms with van der Waals surface area (Å²) in [5, 5.41) is 0. The van der Waals surface area contributed by atoms with Crippen LogP contribution in [0.5, 0.6) is 0 Å². The Balaban J connectivity index is 2.37. The first-order valence-corrected chi connectivity index (χ1v) is 5.86. The van der Waals surface area contributed by atoms with Gasteiger partial charge in [-0.15, -0.1) is 6.58 Å². The van der Waals surface area contributed by atoms with E-state index in [0.29, 0.717) is 0 Å². The second kappa shape index (κ2) is 4.84. The van der Waals surface area contributed by atoms with Crippen LogP contribution in [0.1, 0.15) is 5.56 Å². The molecule has 1 aliphatic rings. The Morgan fingerprint density at radius 3 is 2.65 bits per heavy atom. The molecule has 0 amide bonds. The van der Waals surface area contributed by atoms with E-state index in [1.807, 2.05) is 0 Å². The Morgan fingerprint density at radius 1 is 1.41 bits per heavy atom. The van der Waals surface area contributed by atoms with Gasteiger partial charge < -0.3 is 9.47 Å². The van der Waals surface area contributed by atoms with Crippen molar-refractivity contribution in [3.8, 4) is 0 Å². The summed E-state index contributed by atoms with van der Waals surface area (Å²) in [6, 6.07) is 2.24. The minimum Gasteiger partial charge on any atom is -0.375 e. The topological polar surface area (TPSA) is 18.5 Å². The lowest BCUT2D eigenvalue weighted by atomic mass is 9.91. The third kappa shape index (κ3) is 2.27. The highest BCUT2D eigenvalue weighted by Gasteiger charge is 2.43. The minimum atomic E-state index is -0.889. The first-order valence-electron chi connectivity index (χ1n) is 5.07. The molecule has 1 aromatic rings. The Bertz CT molecular complexity index is 444. The molecule has 0 aromatic heterocycles. The van der Waals surface area contributed by atoms with Gasteiger partial charge in [0.2, 0.25) is 0 Å². The zero-order chi connectivity index (χ0) is 12.5. The molecular formula is C12H11BrF2O2. The standard InChI is InChI=1S/C12H11BrF2O2/c1-2-3-17-12(6-16-7-12)8-4-11(15)9(13)5-10(8)14/h2,4-5H,1,3,6-7H2. The van der Waals surface area contributed by atoms with Crippen LogP contribution in [0.4, 0.5) is 8.78 Å². The molecule has 1 heterocycles. The Labute approximate surface area is 106 Å². The molecule has 0 spiro atoms. The molecule has 0 N–H and O–H groups in total. The molecule has 0 radical (unpaired) electrons. The van der Waals surface area contributed by atoms with Crippen molar-refractivity contribution in [1.29, 1.82) is 0 Å². The highest BCUT2D eigenvalue weighted by Crippen LogP contribution is 2.37. The van der Waals surface area contributed by atoms with E-state index in [9.17, 15) is 8.78 Å². The van der Waals surface area contributed by atoms with Crippen molar-refractivity contribution in [2.75, 3.05) is 19.8 Å². The number of benzene rings is 1. The van der Waals surface area contributed by atoms with Crippen molar-refractivity contribution in [2.24, 2.45) is 0 Å². The quantitative estimate of drug-likeness (QED) is 0.628. The summed E-state index contributed by atoms with van der Waals surface area (Å²) in [5.41, 5.74) is -0.703. The summed E-state index contributed by atoms with van der Waals surface area (Å²) < 4.78 is 37.9. The fourth-order valence-corrected chi connectivity index (χ4v) is 2.01. The first kappa shape index (κ1) is 12.7. The van der Waals surface area contributed by atoms with Gasteiger partial charge in [0, 0.05) is 5.56 Å². The van der Waals surface area contributed by atoms with Crippen LogP contribution in [0.2, 0.25) is 0 Å². The van der Waals surface area contributed by atoms with Crippen molar-refractivity contribution in [3.63, 3.8) is 0 Å². The van der Waals surface area contributed by atoms with Crippen LogP contribution < -0.4 is 0 Å². The zero-order valence-electron chi connectivity index (χ0n) is 9.01. The van der Waals surface area contributed by atoms with E-state index in [2.05, 4.69) is 22.5 Å². The normalized spacial score (nSPS) is 17.6. The van der Waals surface area contributed by atoms with Gasteiger partial charge in [0.25, 0.3) is 0 Å². The molecule has 2 rings (SSSR count). The molecule has 5 heteroatoms. The van der Waals surface area contributed by atoms with Gasteiger partial charge >= 0.3 is 0 Å². The lowest BCUT2D eigenvalue weighted by molar-refractivity contribution is -0.212. The fraction of sp³-hybridized carbons (Fsp3) is 0.333. The van der Waals surface area contributed by atoms with Gasteiger partial charge in [-0.2, -0.15) is 0 Å². The maximum Gasteiger partial charge on any atom is 0.143 e. The van der Waals surface area contributed by atoms with Gasteiger partial charge in [0.15, 0.2) is 0 Å². The lowest BCUT2D eigenvalue weighted by Gasteiger charge is -2.41. The number of hydrogen-bond acceptors (Lipinski definition) is 2. The second-order valence-electron chi connectivity index (χ2n) is 3.83. The molecule has 0 unspecified atom stereocenters. The summed E-state index contributed by atoms with van der Waals surface area (Å²) in [7, 11) is 0. The second-order valence-corrected chi connectivity index (χ2v) is 4.69. The predicted molar refractivity (Wildman–Crippen MR) is 62.7 cm³/mol. The summed E-state index contributed by atoms with van der Waals surface area (Å²) in [5.74, 6) is -1.03. The fourth-order valence-electron chi connectivity index (χ4n) is 1.69. The van der Waals surface area contributed by atoms with E-state index in [0.717, 1.165) is 12.1 Å². The molecule has 0 aliphatic carbocycles. The summed E-state index contributed by atoms with van der Waals surface area (Å²) >= 11 is 2.94. The maximum absolute atomic E-state index is 13.8. The van der Waals surface area contributed by atoms with Gasteiger partial charge in [0.05, 0.1) is 24.3 Å². The predicted octanol–water partition coefficient (Wildman–Crippen LogP) is 3.16. The molecule has 1 aromatic carbocycles. The van der Waals surface area contributed by atoms with Gasteiger partial charge in [-0.25, -0.2) is 8.78 Å². The van der Waals surface area contributed by atoms with Gasteiger partial charge in [-0.1, -0.05) is 6.08 Å². The van der Waals surface area contributed by atoms with Crippen LogP contribution in [0.3, 0.4) is 0 Å². The van der Waals surface area contributed by atoms with Crippen molar-refractivity contribution in [1.82, 2.24) is 0 Å². The average molecular weight is 305 g/mol. The molecular weight excluding hydrogens is 294 g/mol. The first-order chi connectivity index (χ1) is 8.09. The third-order valence-corrected chi connectivity index (χ3v) is 3.26. The van der Waals surface area contributed by atoms with E-state index in [1.54, 1.807) is 6.08 Å². The maximum atomic E-state index is 13.8. The molecule has 0 bridgehead atoms. The van der Waals surface area contributed by atoms with Crippen LogP contribution in [-0.2, 0) is 15.1 Å². The van der Waals surface area contributed by atoms with E-state index in [1.165, 1.54) is 0 Å². The van der Waals surface area contributed by atoms with Crippen LogP contribution >= 0.6 is 15.9 Å². The van der Waals surface area contributed by atoms with Gasteiger partial charge in [-0.05, 0) is 28.1 Å². The smallest absolute Gasteiger partial charge is 0.143 e. The van der Waals surface area contributed by atoms with Crippen molar-refractivity contribution in [3.05, 3.63) is 46.5 Å². The summed E-state index contributed by atoms with van der Waals surface area (Å²) in [6.45, 7) is 4.24. The van der Waals surface area contributed by atoms with Crippen molar-refractivity contribution < 1.29 is 18.3 Å². The van der Waals surface area contributed by atoms with Gasteiger partial charge in [-0.3, -0.25) is 0 Å². The largest absolute Gasteiger partial charge is 0.375 e. The highest BCUT2D eigenvalue weighted by atomic mass is 79.9. The van der Waals surface area contributed by atoms with Crippen LogP contribution in [0.15, 0.2) is 29.3 Å².